The third kappa shape index (κ3) is 3.06. The highest BCUT2D eigenvalue weighted by molar-refractivity contribution is 5.35. The van der Waals surface area contributed by atoms with Gasteiger partial charge in [0.25, 0.3) is 0 Å². The molecule has 0 atom stereocenters. The summed E-state index contributed by atoms with van der Waals surface area (Å²) in [5.41, 5.74) is 6.69. The fourth-order valence-corrected chi connectivity index (χ4v) is 1.20. The number of aromatic nitrogens is 2. The molecule has 1 aromatic rings. The van der Waals surface area contributed by atoms with Crippen molar-refractivity contribution in [1.82, 2.24) is 14.7 Å². The van der Waals surface area contributed by atoms with Gasteiger partial charge in [0.2, 0.25) is 0 Å². The van der Waals surface area contributed by atoms with Crippen molar-refractivity contribution in [3.63, 3.8) is 0 Å². The van der Waals surface area contributed by atoms with Crippen molar-refractivity contribution < 1.29 is 0 Å². The number of rotatable bonds is 4. The van der Waals surface area contributed by atoms with E-state index in [9.17, 15) is 0 Å². The van der Waals surface area contributed by atoms with Gasteiger partial charge in [-0.05, 0) is 34.0 Å². The van der Waals surface area contributed by atoms with E-state index in [0.29, 0.717) is 5.82 Å². The average Bonchev–Trinajstić information content (AvgIpc) is 2.30. The van der Waals surface area contributed by atoms with Crippen LogP contribution in [0.5, 0.6) is 0 Å². The highest BCUT2D eigenvalue weighted by atomic mass is 15.3. The summed E-state index contributed by atoms with van der Waals surface area (Å²) in [4.78, 5) is 2.17. The van der Waals surface area contributed by atoms with E-state index in [4.69, 9.17) is 5.73 Å². The first kappa shape index (κ1) is 10.1. The number of aryl methyl sites for hydroxylation is 2. The first-order valence-electron chi connectivity index (χ1n) is 4.54. The SMILES string of the molecule is Cc1cn(CCCN(C)C)nc1N. The zero-order chi connectivity index (χ0) is 9.84. The molecular formula is C9H18N4. The van der Waals surface area contributed by atoms with E-state index in [1.807, 2.05) is 17.8 Å². The quantitative estimate of drug-likeness (QED) is 0.746. The summed E-state index contributed by atoms with van der Waals surface area (Å²) in [6.45, 7) is 4.00. The highest BCUT2D eigenvalue weighted by Crippen LogP contribution is 2.06. The minimum absolute atomic E-state index is 0.643. The van der Waals surface area contributed by atoms with Gasteiger partial charge >= 0.3 is 0 Å². The maximum absolute atomic E-state index is 5.63. The second kappa shape index (κ2) is 4.28. The van der Waals surface area contributed by atoms with E-state index in [0.717, 1.165) is 25.1 Å². The lowest BCUT2D eigenvalue weighted by molar-refractivity contribution is 0.381. The molecule has 0 saturated heterocycles. The Labute approximate surface area is 79.3 Å². The van der Waals surface area contributed by atoms with Gasteiger partial charge in [-0.2, -0.15) is 5.10 Å². The van der Waals surface area contributed by atoms with Crippen LogP contribution in [-0.2, 0) is 6.54 Å². The van der Waals surface area contributed by atoms with Gasteiger partial charge in [0.1, 0.15) is 5.82 Å². The van der Waals surface area contributed by atoms with E-state index in [1.165, 1.54) is 0 Å². The Morgan fingerprint density at radius 2 is 2.23 bits per heavy atom. The van der Waals surface area contributed by atoms with E-state index < -0.39 is 0 Å². The van der Waals surface area contributed by atoms with Crippen molar-refractivity contribution >= 4 is 5.82 Å². The molecule has 0 aliphatic rings. The van der Waals surface area contributed by atoms with E-state index in [1.54, 1.807) is 0 Å². The van der Waals surface area contributed by atoms with Gasteiger partial charge in [0, 0.05) is 18.3 Å². The summed E-state index contributed by atoms with van der Waals surface area (Å²) in [6.07, 6.45) is 3.10. The highest BCUT2D eigenvalue weighted by Gasteiger charge is 1.99. The van der Waals surface area contributed by atoms with Crippen molar-refractivity contribution in [2.45, 2.75) is 19.9 Å². The largest absolute Gasteiger partial charge is 0.382 e. The van der Waals surface area contributed by atoms with E-state index in [-0.39, 0.29) is 0 Å². The molecule has 2 N–H and O–H groups in total. The molecule has 0 unspecified atom stereocenters. The number of nitrogen functional groups attached to an aromatic ring is 1. The maximum atomic E-state index is 5.63. The van der Waals surface area contributed by atoms with Gasteiger partial charge in [-0.15, -0.1) is 0 Å². The van der Waals surface area contributed by atoms with Crippen LogP contribution in [0.1, 0.15) is 12.0 Å². The molecule has 0 fully saturated rings. The molecule has 1 heterocycles. The third-order valence-corrected chi connectivity index (χ3v) is 1.98. The fourth-order valence-electron chi connectivity index (χ4n) is 1.20. The molecule has 0 spiro atoms. The second-order valence-corrected chi connectivity index (χ2v) is 3.62. The van der Waals surface area contributed by atoms with Gasteiger partial charge in [-0.1, -0.05) is 0 Å². The Kier molecular flexibility index (Phi) is 3.31. The van der Waals surface area contributed by atoms with Crippen LogP contribution in [0.3, 0.4) is 0 Å². The third-order valence-electron chi connectivity index (χ3n) is 1.98. The molecule has 0 saturated carbocycles. The topological polar surface area (TPSA) is 47.1 Å². The Bertz CT molecular complexity index is 245. The summed E-state index contributed by atoms with van der Waals surface area (Å²) in [5.74, 6) is 0.643. The zero-order valence-corrected chi connectivity index (χ0v) is 8.62. The Morgan fingerprint density at radius 1 is 1.54 bits per heavy atom. The van der Waals surface area contributed by atoms with Gasteiger partial charge < -0.3 is 10.6 Å². The molecular weight excluding hydrogens is 164 g/mol. The molecule has 4 nitrogen and oxygen atoms in total. The molecule has 0 radical (unpaired) electrons. The Morgan fingerprint density at radius 3 is 2.69 bits per heavy atom. The lowest BCUT2D eigenvalue weighted by Gasteiger charge is -2.08. The van der Waals surface area contributed by atoms with Crippen LogP contribution in [0.15, 0.2) is 6.20 Å². The Hall–Kier alpha value is -1.03. The van der Waals surface area contributed by atoms with Crippen LogP contribution in [0.25, 0.3) is 0 Å². The van der Waals surface area contributed by atoms with Gasteiger partial charge in [-0.25, -0.2) is 0 Å². The second-order valence-electron chi connectivity index (χ2n) is 3.62. The normalized spacial score (nSPS) is 11.1. The van der Waals surface area contributed by atoms with Crippen molar-refractivity contribution in [2.75, 3.05) is 26.4 Å². The summed E-state index contributed by atoms with van der Waals surface area (Å²) in [5, 5.41) is 4.18. The molecule has 0 aliphatic heterocycles. The smallest absolute Gasteiger partial charge is 0.148 e. The van der Waals surface area contributed by atoms with Crippen LogP contribution in [0.2, 0.25) is 0 Å². The van der Waals surface area contributed by atoms with E-state index >= 15 is 0 Å². The monoisotopic (exact) mass is 182 g/mol. The lowest BCUT2D eigenvalue weighted by Crippen LogP contribution is -2.15. The van der Waals surface area contributed by atoms with Crippen LogP contribution in [0.4, 0.5) is 5.82 Å². The van der Waals surface area contributed by atoms with Crippen LogP contribution < -0.4 is 5.73 Å². The van der Waals surface area contributed by atoms with Gasteiger partial charge in [-0.3, -0.25) is 4.68 Å². The van der Waals surface area contributed by atoms with Gasteiger partial charge in [0.05, 0.1) is 0 Å². The van der Waals surface area contributed by atoms with E-state index in [2.05, 4.69) is 24.1 Å². The summed E-state index contributed by atoms with van der Waals surface area (Å²) in [6, 6.07) is 0. The molecule has 1 rings (SSSR count). The minimum Gasteiger partial charge on any atom is -0.382 e. The molecule has 1 aromatic heterocycles. The first-order chi connectivity index (χ1) is 6.09. The van der Waals surface area contributed by atoms with Crippen molar-refractivity contribution in [1.29, 1.82) is 0 Å². The van der Waals surface area contributed by atoms with Crippen molar-refractivity contribution in [3.8, 4) is 0 Å². The molecule has 0 bridgehead atoms. The van der Waals surface area contributed by atoms with Crippen molar-refractivity contribution in [3.05, 3.63) is 11.8 Å². The first-order valence-corrected chi connectivity index (χ1v) is 4.54. The van der Waals surface area contributed by atoms with Crippen LogP contribution in [-0.4, -0.2) is 35.3 Å². The molecule has 0 amide bonds. The zero-order valence-electron chi connectivity index (χ0n) is 8.62. The number of hydrogen-bond acceptors (Lipinski definition) is 3. The summed E-state index contributed by atoms with van der Waals surface area (Å²) in [7, 11) is 4.14. The molecule has 0 aromatic carbocycles. The summed E-state index contributed by atoms with van der Waals surface area (Å²) >= 11 is 0. The van der Waals surface area contributed by atoms with Crippen molar-refractivity contribution in [2.24, 2.45) is 0 Å². The number of hydrogen-bond donors (Lipinski definition) is 1. The Balaban J connectivity index is 2.37. The number of anilines is 1. The standard InChI is InChI=1S/C9H18N4/c1-8-7-13(11-9(8)10)6-4-5-12(2)3/h7H,4-6H2,1-3H3,(H2,10,11). The van der Waals surface area contributed by atoms with Crippen LogP contribution in [0, 0.1) is 6.92 Å². The van der Waals surface area contributed by atoms with Gasteiger partial charge in [0.15, 0.2) is 0 Å². The molecule has 0 aliphatic carbocycles. The predicted molar refractivity (Wildman–Crippen MR) is 54.5 cm³/mol. The number of nitrogens with two attached hydrogens (primary N) is 1. The summed E-state index contributed by atoms with van der Waals surface area (Å²) < 4.78 is 1.91. The molecule has 4 heteroatoms. The minimum atomic E-state index is 0.643. The predicted octanol–water partition coefficient (Wildman–Crippen LogP) is 0.725. The maximum Gasteiger partial charge on any atom is 0.148 e. The fraction of sp³-hybridized carbons (Fsp3) is 0.667. The van der Waals surface area contributed by atoms with Crippen LogP contribution >= 0.6 is 0 Å². The number of nitrogens with zero attached hydrogens (tertiary/aromatic N) is 3. The average molecular weight is 182 g/mol. The molecule has 74 valence electrons. The lowest BCUT2D eigenvalue weighted by atomic mass is 10.4. The molecule has 13 heavy (non-hydrogen) atoms.